The minimum Gasteiger partial charge on any atom is -0.355 e. The normalized spacial score (nSPS) is 15.1. The topological polar surface area (TPSA) is 75.1 Å². The van der Waals surface area contributed by atoms with E-state index in [1.807, 2.05) is 48.9 Å². The lowest BCUT2D eigenvalue weighted by Crippen LogP contribution is -2.38. The molecule has 3 heterocycles. The number of hydrogen-bond donors (Lipinski definition) is 0. The van der Waals surface area contributed by atoms with Gasteiger partial charge in [0.05, 0.1) is 5.56 Å². The zero-order valence-corrected chi connectivity index (χ0v) is 18.5. The van der Waals surface area contributed by atoms with Crippen molar-refractivity contribution in [3.05, 3.63) is 100 Å². The lowest BCUT2D eigenvalue weighted by molar-refractivity contribution is 0.0714. The third-order valence-corrected chi connectivity index (χ3v) is 6.47. The molecule has 0 N–H and O–H groups in total. The van der Waals surface area contributed by atoms with Gasteiger partial charge in [0, 0.05) is 43.9 Å². The number of hydrogen-bond acceptors (Lipinski definition) is 4. The van der Waals surface area contributed by atoms with Crippen LogP contribution in [-0.2, 0) is 13.6 Å². The molecule has 2 aromatic carbocycles. The van der Waals surface area contributed by atoms with Crippen molar-refractivity contribution in [1.29, 1.82) is 5.26 Å². The van der Waals surface area contributed by atoms with Crippen molar-refractivity contribution < 1.29 is 18.1 Å². The van der Waals surface area contributed by atoms with E-state index in [9.17, 15) is 18.8 Å². The van der Waals surface area contributed by atoms with Gasteiger partial charge in [-0.15, -0.1) is 0 Å². The summed E-state index contributed by atoms with van der Waals surface area (Å²) in [6, 6.07) is 16.5. The average molecular weight is 458 g/mol. The number of amides is 1. The number of nitrogens with zero attached hydrogens (tertiary/aromatic N) is 4. The molecule has 0 saturated heterocycles. The van der Waals surface area contributed by atoms with Crippen LogP contribution in [-0.4, -0.2) is 27.1 Å². The van der Waals surface area contributed by atoms with E-state index in [0.717, 1.165) is 34.5 Å². The molecule has 2 aromatic heterocycles. The molecule has 0 bridgehead atoms. The number of halogens is 2. The Morgan fingerprint density at radius 2 is 1.94 bits per heavy atom. The molecule has 0 radical (unpaired) electrons. The second-order valence-electron chi connectivity index (χ2n) is 8.38. The Bertz CT molecular complexity index is 1460. The highest BCUT2D eigenvalue weighted by Gasteiger charge is 2.33. The molecule has 170 valence electrons. The first-order chi connectivity index (χ1) is 16.4. The summed E-state index contributed by atoms with van der Waals surface area (Å²) in [5, 5.41) is 13.3. The SMILES string of the molecule is Cc1c(C2CN(C(=O)c3cc(-c4ccc(F)cc4F)on3)Cc3ccccc32)cc(C#N)n1C. The smallest absolute Gasteiger partial charge is 0.276 e. The highest BCUT2D eigenvalue weighted by atomic mass is 19.1. The molecule has 1 aliphatic rings. The van der Waals surface area contributed by atoms with Crippen LogP contribution in [0.15, 0.2) is 59.1 Å². The quantitative estimate of drug-likeness (QED) is 0.437. The van der Waals surface area contributed by atoms with Crippen molar-refractivity contribution in [3.8, 4) is 17.4 Å². The van der Waals surface area contributed by atoms with Crippen LogP contribution < -0.4 is 0 Å². The molecular weight excluding hydrogens is 438 g/mol. The Labute approximate surface area is 194 Å². The van der Waals surface area contributed by atoms with Gasteiger partial charge in [-0.25, -0.2) is 8.78 Å². The number of benzene rings is 2. The van der Waals surface area contributed by atoms with E-state index in [0.29, 0.717) is 18.8 Å². The van der Waals surface area contributed by atoms with Crippen molar-refractivity contribution in [1.82, 2.24) is 14.6 Å². The number of rotatable bonds is 3. The third kappa shape index (κ3) is 3.55. The molecule has 0 saturated carbocycles. The average Bonchev–Trinajstić information content (AvgIpc) is 3.43. The monoisotopic (exact) mass is 458 g/mol. The fraction of sp³-hybridized carbons (Fsp3) is 0.192. The first-order valence-corrected chi connectivity index (χ1v) is 10.7. The molecule has 4 aromatic rings. The maximum atomic E-state index is 14.2. The van der Waals surface area contributed by atoms with E-state index >= 15 is 0 Å². The molecule has 8 heteroatoms. The fourth-order valence-electron chi connectivity index (χ4n) is 4.56. The summed E-state index contributed by atoms with van der Waals surface area (Å²) in [5.74, 6) is -1.93. The van der Waals surface area contributed by atoms with Crippen LogP contribution >= 0.6 is 0 Å². The third-order valence-electron chi connectivity index (χ3n) is 6.47. The van der Waals surface area contributed by atoms with Crippen LogP contribution in [0.5, 0.6) is 0 Å². The molecule has 1 amide bonds. The number of nitriles is 1. The molecule has 1 atom stereocenters. The summed E-state index contributed by atoms with van der Waals surface area (Å²) in [5.41, 5.74) is 4.68. The second kappa shape index (κ2) is 8.27. The van der Waals surface area contributed by atoms with Crippen molar-refractivity contribution in [2.24, 2.45) is 7.05 Å². The molecule has 6 nitrogen and oxygen atoms in total. The van der Waals surface area contributed by atoms with Gasteiger partial charge in [-0.1, -0.05) is 29.4 Å². The van der Waals surface area contributed by atoms with Crippen molar-refractivity contribution in [3.63, 3.8) is 0 Å². The van der Waals surface area contributed by atoms with E-state index < -0.39 is 11.6 Å². The van der Waals surface area contributed by atoms with E-state index in [-0.39, 0.29) is 28.8 Å². The van der Waals surface area contributed by atoms with Gasteiger partial charge in [-0.3, -0.25) is 4.79 Å². The summed E-state index contributed by atoms with van der Waals surface area (Å²) >= 11 is 0. The van der Waals surface area contributed by atoms with Crippen molar-refractivity contribution >= 4 is 5.91 Å². The van der Waals surface area contributed by atoms with Gasteiger partial charge in [0.1, 0.15) is 23.4 Å². The van der Waals surface area contributed by atoms with Crippen molar-refractivity contribution in [2.75, 3.05) is 6.54 Å². The van der Waals surface area contributed by atoms with Crippen molar-refractivity contribution in [2.45, 2.75) is 19.4 Å². The highest BCUT2D eigenvalue weighted by Crippen LogP contribution is 2.36. The Hall–Kier alpha value is -4.25. The summed E-state index contributed by atoms with van der Waals surface area (Å²) in [7, 11) is 1.85. The van der Waals surface area contributed by atoms with Crippen LogP contribution in [0.1, 0.15) is 44.5 Å². The molecular formula is C26H20F2N4O2. The number of carbonyl (C=O) groups is 1. The number of fused-ring (bicyclic) bond motifs is 1. The van der Waals surface area contributed by atoms with Crippen LogP contribution in [0, 0.1) is 29.9 Å². The molecule has 1 unspecified atom stereocenters. The summed E-state index contributed by atoms with van der Waals surface area (Å²) in [4.78, 5) is 15.1. The molecule has 5 rings (SSSR count). The van der Waals surface area contributed by atoms with Crippen LogP contribution in [0.4, 0.5) is 8.78 Å². The van der Waals surface area contributed by atoms with Gasteiger partial charge >= 0.3 is 0 Å². The van der Waals surface area contributed by atoms with Gasteiger partial charge in [0.15, 0.2) is 11.5 Å². The number of aromatic nitrogens is 2. The Morgan fingerprint density at radius 1 is 1.15 bits per heavy atom. The zero-order chi connectivity index (χ0) is 24.0. The van der Waals surface area contributed by atoms with E-state index in [4.69, 9.17) is 4.52 Å². The van der Waals surface area contributed by atoms with E-state index in [1.165, 1.54) is 12.1 Å². The maximum Gasteiger partial charge on any atom is 0.276 e. The van der Waals surface area contributed by atoms with Gasteiger partial charge in [0.25, 0.3) is 5.91 Å². The molecule has 0 aliphatic carbocycles. The van der Waals surface area contributed by atoms with Crippen LogP contribution in [0.2, 0.25) is 0 Å². The van der Waals surface area contributed by atoms with Crippen LogP contribution in [0.3, 0.4) is 0 Å². The lowest BCUT2D eigenvalue weighted by atomic mass is 9.84. The first-order valence-electron chi connectivity index (χ1n) is 10.7. The minimum atomic E-state index is -0.796. The largest absolute Gasteiger partial charge is 0.355 e. The molecule has 0 fully saturated rings. The number of carbonyl (C=O) groups excluding carboxylic acids is 1. The fourth-order valence-corrected chi connectivity index (χ4v) is 4.56. The molecule has 0 spiro atoms. The van der Waals surface area contributed by atoms with Gasteiger partial charge in [0.2, 0.25) is 0 Å². The van der Waals surface area contributed by atoms with Gasteiger partial charge < -0.3 is 14.0 Å². The Balaban J connectivity index is 1.49. The second-order valence-corrected chi connectivity index (χ2v) is 8.38. The van der Waals surface area contributed by atoms with Gasteiger partial charge in [-0.05, 0) is 41.8 Å². The Morgan fingerprint density at radius 3 is 2.68 bits per heavy atom. The predicted octanol–water partition coefficient (Wildman–Crippen LogP) is 4.93. The van der Waals surface area contributed by atoms with Gasteiger partial charge in [-0.2, -0.15) is 5.26 Å². The minimum absolute atomic E-state index is 0.0266. The predicted molar refractivity (Wildman–Crippen MR) is 120 cm³/mol. The lowest BCUT2D eigenvalue weighted by Gasteiger charge is -2.34. The standard InChI is InChI=1S/C26H20F2N4O2/c1-15-21(10-18(12-29)31(15)2)22-14-32(13-16-5-3-4-6-19(16)22)26(33)24-11-25(34-30-24)20-8-7-17(27)9-23(20)28/h3-11,22H,13-14H2,1-2H3. The summed E-state index contributed by atoms with van der Waals surface area (Å²) in [6.45, 7) is 2.73. The molecule has 1 aliphatic heterocycles. The first kappa shape index (κ1) is 21.6. The van der Waals surface area contributed by atoms with Crippen LogP contribution in [0.25, 0.3) is 11.3 Å². The Kier molecular flexibility index (Phi) is 5.25. The highest BCUT2D eigenvalue weighted by molar-refractivity contribution is 5.93. The van der Waals surface area contributed by atoms with E-state index in [2.05, 4.69) is 11.2 Å². The molecule has 34 heavy (non-hydrogen) atoms. The maximum absolute atomic E-state index is 14.2. The zero-order valence-electron chi connectivity index (χ0n) is 18.5. The summed E-state index contributed by atoms with van der Waals surface area (Å²) < 4.78 is 34.5. The van der Waals surface area contributed by atoms with E-state index in [1.54, 1.807) is 4.90 Å². The summed E-state index contributed by atoms with van der Waals surface area (Å²) in [6.07, 6.45) is 0.